The maximum absolute atomic E-state index is 13.2. The Morgan fingerprint density at radius 1 is 1.14 bits per heavy atom. The van der Waals surface area contributed by atoms with Gasteiger partial charge in [-0.2, -0.15) is 0 Å². The monoisotopic (exact) mass is 486 g/mol. The van der Waals surface area contributed by atoms with Gasteiger partial charge in [0.1, 0.15) is 18.1 Å². The second kappa shape index (κ2) is 10.3. The summed E-state index contributed by atoms with van der Waals surface area (Å²) >= 11 is 0. The highest BCUT2D eigenvalue weighted by Gasteiger charge is 2.25. The molecule has 5 rings (SSSR count). The first-order valence-corrected chi connectivity index (χ1v) is 12.3. The van der Waals surface area contributed by atoms with E-state index < -0.39 is 12.0 Å². The predicted octanol–water partition coefficient (Wildman–Crippen LogP) is 4.90. The van der Waals surface area contributed by atoms with Crippen LogP contribution in [0.3, 0.4) is 0 Å². The summed E-state index contributed by atoms with van der Waals surface area (Å²) in [6, 6.07) is 14.1. The number of carbonyl (C=O) groups is 2. The van der Waals surface area contributed by atoms with Gasteiger partial charge in [-0.05, 0) is 54.8 Å². The van der Waals surface area contributed by atoms with Crippen molar-refractivity contribution >= 4 is 28.6 Å². The number of rotatable bonds is 7. The van der Waals surface area contributed by atoms with Gasteiger partial charge in [-0.25, -0.2) is 9.78 Å². The summed E-state index contributed by atoms with van der Waals surface area (Å²) < 4.78 is 12.6. The number of benzene rings is 2. The number of nitrogen functional groups attached to an aromatic ring is 1. The van der Waals surface area contributed by atoms with Crippen LogP contribution >= 0.6 is 0 Å². The molecule has 1 aliphatic carbocycles. The van der Waals surface area contributed by atoms with Crippen LogP contribution in [-0.2, 0) is 16.0 Å². The fraction of sp³-hybridized carbons (Fsp3) is 0.321. The molecule has 1 amide bonds. The maximum Gasteiger partial charge on any atom is 0.328 e. The van der Waals surface area contributed by atoms with Gasteiger partial charge in [0.15, 0.2) is 0 Å². The lowest BCUT2D eigenvalue weighted by atomic mass is 9.95. The van der Waals surface area contributed by atoms with Crippen LogP contribution in [0.2, 0.25) is 0 Å². The van der Waals surface area contributed by atoms with Crippen molar-refractivity contribution in [2.45, 2.75) is 50.6 Å². The molecule has 0 bridgehead atoms. The van der Waals surface area contributed by atoms with Crippen molar-refractivity contribution < 1.29 is 18.7 Å². The number of methoxy groups -OCH3 is 1. The Balaban J connectivity index is 1.44. The van der Waals surface area contributed by atoms with Crippen molar-refractivity contribution in [3.05, 3.63) is 72.2 Å². The molecule has 186 valence electrons. The molecule has 8 heteroatoms. The smallest absolute Gasteiger partial charge is 0.328 e. The van der Waals surface area contributed by atoms with Crippen molar-refractivity contribution in [3.63, 3.8) is 0 Å². The van der Waals surface area contributed by atoms with E-state index in [1.54, 1.807) is 36.8 Å². The van der Waals surface area contributed by atoms with Gasteiger partial charge in [0.05, 0.1) is 30.0 Å². The van der Waals surface area contributed by atoms with E-state index in [0.29, 0.717) is 23.7 Å². The molecular formula is C28H30N4O4. The van der Waals surface area contributed by atoms with Gasteiger partial charge in [-0.3, -0.25) is 4.79 Å². The molecular weight excluding hydrogens is 456 g/mol. The van der Waals surface area contributed by atoms with Crippen LogP contribution in [0.15, 0.2) is 65.5 Å². The number of imidazole rings is 1. The Labute approximate surface area is 209 Å². The fourth-order valence-electron chi connectivity index (χ4n) is 5.01. The number of nitrogens with two attached hydrogens (primary N) is 1. The number of ether oxygens (including phenoxy) is 1. The van der Waals surface area contributed by atoms with Crippen molar-refractivity contribution in [2.75, 3.05) is 12.8 Å². The van der Waals surface area contributed by atoms with Crippen molar-refractivity contribution in [1.82, 2.24) is 14.9 Å². The fourth-order valence-corrected chi connectivity index (χ4v) is 5.01. The Morgan fingerprint density at radius 3 is 2.61 bits per heavy atom. The Hall–Kier alpha value is -4.07. The lowest BCUT2D eigenvalue weighted by Gasteiger charge is -2.25. The van der Waals surface area contributed by atoms with E-state index in [9.17, 15) is 9.59 Å². The highest BCUT2D eigenvalue weighted by molar-refractivity contribution is 5.99. The largest absolute Gasteiger partial charge is 0.472 e. The second-order valence-corrected chi connectivity index (χ2v) is 9.31. The van der Waals surface area contributed by atoms with Crippen LogP contribution in [0.5, 0.6) is 0 Å². The number of hydrogen-bond donors (Lipinski definition) is 2. The Morgan fingerprint density at radius 2 is 1.92 bits per heavy atom. The number of amides is 1. The molecule has 1 saturated carbocycles. The zero-order valence-electron chi connectivity index (χ0n) is 20.3. The summed E-state index contributed by atoms with van der Waals surface area (Å²) in [6.07, 6.45) is 9.49. The summed E-state index contributed by atoms with van der Waals surface area (Å²) in [6.45, 7) is 0. The van der Waals surface area contributed by atoms with Crippen LogP contribution in [-0.4, -0.2) is 34.6 Å². The van der Waals surface area contributed by atoms with E-state index >= 15 is 0 Å². The molecule has 0 saturated heterocycles. The van der Waals surface area contributed by atoms with Crippen LogP contribution in [0.1, 0.15) is 54.1 Å². The number of furan rings is 1. The number of nitrogens with zero attached hydrogens (tertiary/aromatic N) is 2. The first-order chi connectivity index (χ1) is 17.5. The number of anilines is 1. The molecule has 1 aliphatic rings. The first kappa shape index (κ1) is 23.7. The molecule has 1 atom stereocenters. The Kier molecular flexibility index (Phi) is 6.75. The zero-order chi connectivity index (χ0) is 25.1. The minimum Gasteiger partial charge on any atom is -0.472 e. The van der Waals surface area contributed by atoms with E-state index in [-0.39, 0.29) is 5.91 Å². The number of hydrogen-bond acceptors (Lipinski definition) is 6. The molecule has 8 nitrogen and oxygen atoms in total. The van der Waals surface area contributed by atoms with Gasteiger partial charge < -0.3 is 24.8 Å². The van der Waals surface area contributed by atoms with E-state index in [0.717, 1.165) is 40.8 Å². The van der Waals surface area contributed by atoms with Crippen LogP contribution in [0.25, 0.3) is 22.4 Å². The number of carbonyl (C=O) groups excluding carboxylic acids is 2. The van der Waals surface area contributed by atoms with Crippen molar-refractivity contribution in [3.8, 4) is 11.4 Å². The van der Waals surface area contributed by atoms with Crippen molar-refractivity contribution in [2.24, 2.45) is 0 Å². The molecule has 2 aromatic carbocycles. The van der Waals surface area contributed by atoms with Crippen LogP contribution < -0.4 is 11.1 Å². The highest BCUT2D eigenvalue weighted by atomic mass is 16.5. The molecule has 0 aliphatic heterocycles. The minimum atomic E-state index is -0.830. The molecule has 2 heterocycles. The summed E-state index contributed by atoms with van der Waals surface area (Å²) in [5.41, 5.74) is 10.3. The van der Waals surface area contributed by atoms with Gasteiger partial charge in [0.2, 0.25) is 0 Å². The van der Waals surface area contributed by atoms with Crippen molar-refractivity contribution in [1.29, 1.82) is 0 Å². The normalized spacial score (nSPS) is 15.0. The minimum absolute atomic E-state index is 0.294. The van der Waals surface area contributed by atoms with Gasteiger partial charge in [-0.15, -0.1) is 0 Å². The quantitative estimate of drug-likeness (QED) is 0.284. The molecule has 0 spiro atoms. The van der Waals surface area contributed by atoms with Crippen LogP contribution in [0.4, 0.5) is 5.69 Å². The second-order valence-electron chi connectivity index (χ2n) is 9.31. The average Bonchev–Trinajstić information content (AvgIpc) is 3.57. The lowest BCUT2D eigenvalue weighted by Crippen LogP contribution is -2.43. The molecule has 36 heavy (non-hydrogen) atoms. The number of esters is 1. The molecule has 3 N–H and O–H groups in total. The molecule has 0 radical (unpaired) electrons. The summed E-state index contributed by atoms with van der Waals surface area (Å²) in [5.74, 6) is -0.0242. The molecule has 2 aromatic heterocycles. The SMILES string of the molecule is COC(=O)[C@H](Cc1ccc(N)cc1)NC(=O)c1ccc2c(c1)nc(-c1ccoc1)n2C1CCCCC1. The Bertz CT molecular complexity index is 1350. The third-order valence-corrected chi connectivity index (χ3v) is 6.88. The van der Waals surface area contributed by atoms with Crippen LogP contribution in [0, 0.1) is 0 Å². The lowest BCUT2D eigenvalue weighted by molar-refractivity contribution is -0.142. The molecule has 0 unspecified atom stereocenters. The summed E-state index contributed by atoms with van der Waals surface area (Å²) in [5, 5.41) is 2.83. The summed E-state index contributed by atoms with van der Waals surface area (Å²) in [7, 11) is 1.31. The predicted molar refractivity (Wildman–Crippen MR) is 137 cm³/mol. The third kappa shape index (κ3) is 4.84. The topological polar surface area (TPSA) is 112 Å². The molecule has 1 fully saturated rings. The third-order valence-electron chi connectivity index (χ3n) is 6.88. The number of nitrogens with one attached hydrogen (secondary N) is 1. The van der Waals surface area contributed by atoms with Gasteiger partial charge in [-0.1, -0.05) is 31.4 Å². The summed E-state index contributed by atoms with van der Waals surface area (Å²) in [4.78, 5) is 30.5. The number of aromatic nitrogens is 2. The average molecular weight is 487 g/mol. The van der Waals surface area contributed by atoms with E-state index in [1.807, 2.05) is 24.3 Å². The van der Waals surface area contributed by atoms with E-state index in [2.05, 4.69) is 9.88 Å². The number of fused-ring (bicyclic) bond motifs is 1. The first-order valence-electron chi connectivity index (χ1n) is 12.3. The molecule has 4 aromatic rings. The van der Waals surface area contributed by atoms with Gasteiger partial charge in [0, 0.05) is 23.7 Å². The van der Waals surface area contributed by atoms with Gasteiger partial charge >= 0.3 is 5.97 Å². The van der Waals surface area contributed by atoms with E-state index in [4.69, 9.17) is 19.9 Å². The van der Waals surface area contributed by atoms with Gasteiger partial charge in [0.25, 0.3) is 5.91 Å². The van der Waals surface area contributed by atoms with E-state index in [1.165, 1.54) is 26.4 Å². The zero-order valence-corrected chi connectivity index (χ0v) is 20.3. The highest BCUT2D eigenvalue weighted by Crippen LogP contribution is 2.36. The standard InChI is InChI=1S/C28H30N4O4/c1-35-28(34)24(15-18-7-10-21(29)11-8-18)31-27(33)19-9-12-25-23(16-19)30-26(20-13-14-36-17-20)32(25)22-5-3-2-4-6-22/h7-14,16-17,22,24H,2-6,15,29H2,1H3,(H,31,33)/t24-/m0/s1. The maximum atomic E-state index is 13.2.